The molecule has 2 aromatic rings. The Morgan fingerprint density at radius 3 is 2.90 bits per heavy atom. The first kappa shape index (κ1) is 13.1. The van der Waals surface area contributed by atoms with Crippen LogP contribution in [0.4, 0.5) is 0 Å². The number of rotatable bonds is 3. The topological polar surface area (TPSA) is 75.3 Å². The van der Waals surface area contributed by atoms with E-state index in [4.69, 9.17) is 5.11 Å². The Morgan fingerprint density at radius 1 is 1.35 bits per heavy atom. The molecular formula is C15H18N2O3. The summed E-state index contributed by atoms with van der Waals surface area (Å²) in [7, 11) is 0. The highest BCUT2D eigenvalue weighted by atomic mass is 16.4. The number of aliphatic hydroxyl groups is 1. The molecule has 0 radical (unpaired) electrons. The normalized spacial score (nSPS) is 23.1. The Hall–Kier alpha value is -1.88. The minimum absolute atomic E-state index is 0.170. The van der Waals surface area contributed by atoms with E-state index in [1.54, 1.807) is 24.5 Å². The molecule has 1 aromatic heterocycles. The van der Waals surface area contributed by atoms with Crippen molar-refractivity contribution in [2.24, 2.45) is 5.92 Å². The SMILES string of the molecule is O=C(O)c1ccc2ncn(C3CCCCC3CO)c2c1. The van der Waals surface area contributed by atoms with E-state index < -0.39 is 5.97 Å². The third kappa shape index (κ3) is 2.18. The molecule has 5 heteroatoms. The van der Waals surface area contributed by atoms with Gasteiger partial charge in [0.2, 0.25) is 0 Å². The van der Waals surface area contributed by atoms with E-state index in [0.717, 1.165) is 36.7 Å². The van der Waals surface area contributed by atoms with Crippen LogP contribution in [-0.2, 0) is 0 Å². The lowest BCUT2D eigenvalue weighted by molar-refractivity contribution is 0.0697. The van der Waals surface area contributed by atoms with Crippen LogP contribution in [0, 0.1) is 5.92 Å². The number of aromatic nitrogens is 2. The molecule has 1 aliphatic rings. The maximum Gasteiger partial charge on any atom is 0.335 e. The first-order chi connectivity index (χ1) is 9.70. The number of aromatic carboxylic acids is 1. The summed E-state index contributed by atoms with van der Waals surface area (Å²) in [5.41, 5.74) is 1.92. The molecule has 0 bridgehead atoms. The van der Waals surface area contributed by atoms with Crippen molar-refractivity contribution >= 4 is 17.0 Å². The van der Waals surface area contributed by atoms with Gasteiger partial charge in [-0.05, 0) is 31.0 Å². The lowest BCUT2D eigenvalue weighted by Gasteiger charge is -2.31. The predicted molar refractivity (Wildman–Crippen MR) is 74.8 cm³/mol. The molecule has 3 rings (SSSR count). The van der Waals surface area contributed by atoms with Crippen molar-refractivity contribution in [3.8, 4) is 0 Å². The van der Waals surface area contributed by atoms with E-state index in [0.29, 0.717) is 0 Å². The highest BCUT2D eigenvalue weighted by molar-refractivity contribution is 5.92. The number of fused-ring (bicyclic) bond motifs is 1. The zero-order valence-corrected chi connectivity index (χ0v) is 11.2. The van der Waals surface area contributed by atoms with Gasteiger partial charge >= 0.3 is 5.97 Å². The van der Waals surface area contributed by atoms with Crippen LogP contribution in [0.5, 0.6) is 0 Å². The first-order valence-corrected chi connectivity index (χ1v) is 7.01. The number of benzene rings is 1. The largest absolute Gasteiger partial charge is 0.478 e. The second kappa shape index (κ2) is 5.25. The Labute approximate surface area is 116 Å². The summed E-state index contributed by atoms with van der Waals surface area (Å²) in [6.07, 6.45) is 6.08. The number of imidazole rings is 1. The van der Waals surface area contributed by atoms with Crippen molar-refractivity contribution in [1.82, 2.24) is 9.55 Å². The Bertz CT molecular complexity index is 635. The zero-order chi connectivity index (χ0) is 14.1. The molecule has 2 N–H and O–H groups in total. The van der Waals surface area contributed by atoms with Crippen LogP contribution in [0.2, 0.25) is 0 Å². The average Bonchev–Trinajstić information content (AvgIpc) is 2.89. The van der Waals surface area contributed by atoms with Gasteiger partial charge in [-0.3, -0.25) is 0 Å². The van der Waals surface area contributed by atoms with E-state index in [9.17, 15) is 9.90 Å². The number of hydrogen-bond acceptors (Lipinski definition) is 3. The smallest absolute Gasteiger partial charge is 0.335 e. The Balaban J connectivity index is 2.06. The average molecular weight is 274 g/mol. The van der Waals surface area contributed by atoms with Gasteiger partial charge in [0.25, 0.3) is 0 Å². The number of nitrogens with zero attached hydrogens (tertiary/aromatic N) is 2. The second-order valence-electron chi connectivity index (χ2n) is 5.45. The highest BCUT2D eigenvalue weighted by Gasteiger charge is 2.27. The number of carbonyl (C=O) groups is 1. The van der Waals surface area contributed by atoms with Gasteiger partial charge in [0, 0.05) is 18.6 Å². The van der Waals surface area contributed by atoms with E-state index in [2.05, 4.69) is 4.98 Å². The molecular weight excluding hydrogens is 256 g/mol. The van der Waals surface area contributed by atoms with Crippen molar-refractivity contribution in [3.63, 3.8) is 0 Å². The number of carboxylic acids is 1. The number of hydrogen-bond donors (Lipinski definition) is 2. The summed E-state index contributed by atoms with van der Waals surface area (Å²) >= 11 is 0. The predicted octanol–water partition coefficient (Wildman–Crippen LogP) is 2.46. The molecule has 0 amide bonds. The summed E-state index contributed by atoms with van der Waals surface area (Å²) in [4.78, 5) is 15.5. The molecule has 20 heavy (non-hydrogen) atoms. The van der Waals surface area contributed by atoms with Gasteiger partial charge in [0.1, 0.15) is 0 Å². The number of carboxylic acid groups (broad SMARTS) is 1. The molecule has 1 aromatic carbocycles. The molecule has 1 fully saturated rings. The Morgan fingerprint density at radius 2 is 2.15 bits per heavy atom. The van der Waals surface area contributed by atoms with Crippen molar-refractivity contribution in [2.75, 3.05) is 6.61 Å². The fourth-order valence-electron chi connectivity index (χ4n) is 3.19. The molecule has 1 heterocycles. The van der Waals surface area contributed by atoms with Gasteiger partial charge in [0.15, 0.2) is 0 Å². The van der Waals surface area contributed by atoms with Crippen LogP contribution in [-0.4, -0.2) is 32.3 Å². The standard InChI is InChI=1S/C15H18N2O3/c18-8-11-3-1-2-4-13(11)17-9-16-12-6-5-10(15(19)20)7-14(12)17/h5-7,9,11,13,18H,1-4,8H2,(H,19,20). The van der Waals surface area contributed by atoms with Crippen LogP contribution < -0.4 is 0 Å². The zero-order valence-electron chi connectivity index (χ0n) is 11.2. The summed E-state index contributed by atoms with van der Waals surface area (Å²) in [5, 5.41) is 18.7. The van der Waals surface area contributed by atoms with Crippen LogP contribution in [0.1, 0.15) is 42.1 Å². The minimum Gasteiger partial charge on any atom is -0.478 e. The molecule has 2 unspecified atom stereocenters. The van der Waals surface area contributed by atoms with Gasteiger partial charge in [-0.1, -0.05) is 12.8 Å². The van der Waals surface area contributed by atoms with Gasteiger partial charge < -0.3 is 14.8 Å². The first-order valence-electron chi connectivity index (χ1n) is 7.01. The van der Waals surface area contributed by atoms with Crippen molar-refractivity contribution in [1.29, 1.82) is 0 Å². The fourth-order valence-corrected chi connectivity index (χ4v) is 3.19. The summed E-state index contributed by atoms with van der Waals surface area (Å²) in [6.45, 7) is 0.170. The molecule has 106 valence electrons. The summed E-state index contributed by atoms with van der Waals surface area (Å²) < 4.78 is 2.04. The van der Waals surface area contributed by atoms with Gasteiger partial charge in [-0.25, -0.2) is 9.78 Å². The van der Waals surface area contributed by atoms with Crippen LogP contribution in [0.15, 0.2) is 24.5 Å². The lowest BCUT2D eigenvalue weighted by Crippen LogP contribution is -2.25. The van der Waals surface area contributed by atoms with Crippen molar-refractivity contribution in [2.45, 2.75) is 31.7 Å². The van der Waals surface area contributed by atoms with E-state index in [-0.39, 0.29) is 24.1 Å². The van der Waals surface area contributed by atoms with Crippen LogP contribution in [0.3, 0.4) is 0 Å². The monoisotopic (exact) mass is 274 g/mol. The molecule has 1 saturated carbocycles. The molecule has 0 spiro atoms. The van der Waals surface area contributed by atoms with Gasteiger partial charge in [0.05, 0.1) is 22.9 Å². The summed E-state index contributed by atoms with van der Waals surface area (Å²) in [5.74, 6) is -0.698. The van der Waals surface area contributed by atoms with Crippen LogP contribution in [0.25, 0.3) is 11.0 Å². The quantitative estimate of drug-likeness (QED) is 0.901. The van der Waals surface area contributed by atoms with E-state index >= 15 is 0 Å². The maximum atomic E-state index is 11.1. The second-order valence-corrected chi connectivity index (χ2v) is 5.45. The Kier molecular flexibility index (Phi) is 3.44. The van der Waals surface area contributed by atoms with E-state index in [1.807, 2.05) is 4.57 Å². The minimum atomic E-state index is -0.929. The van der Waals surface area contributed by atoms with Crippen molar-refractivity contribution < 1.29 is 15.0 Å². The van der Waals surface area contributed by atoms with Crippen LogP contribution >= 0.6 is 0 Å². The fraction of sp³-hybridized carbons (Fsp3) is 0.467. The van der Waals surface area contributed by atoms with Gasteiger partial charge in [-0.2, -0.15) is 0 Å². The van der Waals surface area contributed by atoms with Crippen molar-refractivity contribution in [3.05, 3.63) is 30.1 Å². The molecule has 0 saturated heterocycles. The molecule has 0 aliphatic heterocycles. The third-order valence-corrected chi connectivity index (χ3v) is 4.28. The number of aliphatic hydroxyl groups excluding tert-OH is 1. The maximum absolute atomic E-state index is 11.1. The molecule has 5 nitrogen and oxygen atoms in total. The highest BCUT2D eigenvalue weighted by Crippen LogP contribution is 2.35. The lowest BCUT2D eigenvalue weighted by atomic mass is 9.85. The van der Waals surface area contributed by atoms with Gasteiger partial charge in [-0.15, -0.1) is 0 Å². The van der Waals surface area contributed by atoms with E-state index in [1.165, 1.54) is 0 Å². The summed E-state index contributed by atoms with van der Waals surface area (Å²) in [6, 6.07) is 5.20. The molecule has 2 atom stereocenters. The third-order valence-electron chi connectivity index (χ3n) is 4.28. The molecule has 1 aliphatic carbocycles.